The highest BCUT2D eigenvalue weighted by Gasteiger charge is 2.41. The van der Waals surface area contributed by atoms with Gasteiger partial charge in [-0.25, -0.2) is 0 Å². The molecule has 1 aromatic heterocycles. The molecule has 0 amide bonds. The zero-order valence-electron chi connectivity index (χ0n) is 11.5. The lowest BCUT2D eigenvalue weighted by atomic mass is 9.75. The Hall–Kier alpha value is -1.01. The highest BCUT2D eigenvalue weighted by atomic mass is 16.3. The lowest BCUT2D eigenvalue weighted by Crippen LogP contribution is -2.55. The monoisotopic (exact) mass is 253 g/mol. The maximum atomic E-state index is 10.6. The van der Waals surface area contributed by atoms with Gasteiger partial charge in [-0.3, -0.25) is 0 Å². The Morgan fingerprint density at radius 2 is 2.00 bits per heavy atom. The van der Waals surface area contributed by atoms with Gasteiger partial charge in [-0.2, -0.15) is 4.80 Å². The van der Waals surface area contributed by atoms with Gasteiger partial charge in [0.2, 0.25) is 0 Å². The van der Waals surface area contributed by atoms with Crippen LogP contribution in [0, 0.1) is 0 Å². The number of aryl methyl sites for hydroxylation is 1. The molecule has 0 saturated heterocycles. The molecule has 1 atom stereocenters. The zero-order chi connectivity index (χ0) is 13.2. The van der Waals surface area contributed by atoms with Crippen molar-refractivity contribution in [3.8, 4) is 0 Å². The molecule has 2 rings (SSSR count). The van der Waals surface area contributed by atoms with Gasteiger partial charge in [-0.05, 0) is 32.2 Å². The topological polar surface area (TPSA) is 67.1 Å². The van der Waals surface area contributed by atoms with E-state index in [0.29, 0.717) is 12.2 Å². The third kappa shape index (κ3) is 2.54. The van der Waals surface area contributed by atoms with Crippen molar-refractivity contribution in [3.05, 3.63) is 5.82 Å². The van der Waals surface area contributed by atoms with E-state index < -0.39 is 6.10 Å². The summed E-state index contributed by atoms with van der Waals surface area (Å²) in [6.07, 6.45) is 5.77. The van der Waals surface area contributed by atoms with Gasteiger partial charge in [0, 0.05) is 12.0 Å². The maximum absolute atomic E-state index is 10.6. The lowest BCUT2D eigenvalue weighted by molar-refractivity contribution is -0.0319. The van der Waals surface area contributed by atoms with E-state index in [1.165, 1.54) is 24.1 Å². The Labute approximate surface area is 108 Å². The summed E-state index contributed by atoms with van der Waals surface area (Å²) in [7, 11) is 5.85. The summed E-state index contributed by atoms with van der Waals surface area (Å²) in [5.41, 5.74) is -0.128. The van der Waals surface area contributed by atoms with E-state index >= 15 is 0 Å². The quantitative estimate of drug-likeness (QED) is 0.840. The Morgan fingerprint density at radius 3 is 2.50 bits per heavy atom. The molecule has 6 heteroatoms. The van der Waals surface area contributed by atoms with E-state index in [4.69, 9.17) is 0 Å². The molecule has 1 aromatic rings. The van der Waals surface area contributed by atoms with Crippen LogP contribution in [0.5, 0.6) is 0 Å². The van der Waals surface area contributed by atoms with Crippen LogP contribution in [0.4, 0.5) is 0 Å². The fourth-order valence-corrected chi connectivity index (χ4v) is 3.01. The molecular formula is C12H23N5O. The molecule has 0 aromatic carbocycles. The standard InChI is InChI=1S/C12H23N5O/c1-16(2)12(7-5-4-6-8-12)10(18)9-11-13-15-17(3)14-11/h10,18H,4-9H2,1-3H3. The van der Waals surface area contributed by atoms with Crippen LogP contribution in [-0.4, -0.2) is 56.0 Å². The summed E-state index contributed by atoms with van der Waals surface area (Å²) in [6.45, 7) is 0. The number of likely N-dealkylation sites (N-methyl/N-ethyl adjacent to an activating group) is 1. The first-order valence-corrected chi connectivity index (χ1v) is 6.63. The van der Waals surface area contributed by atoms with Crippen molar-refractivity contribution in [2.45, 2.75) is 50.2 Å². The van der Waals surface area contributed by atoms with E-state index in [2.05, 4.69) is 34.4 Å². The summed E-state index contributed by atoms with van der Waals surface area (Å²) in [4.78, 5) is 3.61. The molecule has 0 radical (unpaired) electrons. The molecule has 18 heavy (non-hydrogen) atoms. The van der Waals surface area contributed by atoms with Crippen LogP contribution in [0.15, 0.2) is 0 Å². The first kappa shape index (κ1) is 13.4. The molecule has 0 spiro atoms. The van der Waals surface area contributed by atoms with E-state index in [9.17, 15) is 5.11 Å². The van der Waals surface area contributed by atoms with Crippen molar-refractivity contribution in [1.82, 2.24) is 25.1 Å². The zero-order valence-corrected chi connectivity index (χ0v) is 11.5. The third-order valence-electron chi connectivity index (χ3n) is 4.16. The SMILES string of the molecule is CN(C)C1(C(O)Cc2nnn(C)n2)CCCCC1. The fourth-order valence-electron chi connectivity index (χ4n) is 3.01. The minimum atomic E-state index is -0.433. The van der Waals surface area contributed by atoms with E-state index in [-0.39, 0.29) is 5.54 Å². The van der Waals surface area contributed by atoms with Crippen LogP contribution in [0.2, 0.25) is 0 Å². The van der Waals surface area contributed by atoms with Crippen LogP contribution in [0.1, 0.15) is 37.9 Å². The third-order valence-corrected chi connectivity index (χ3v) is 4.16. The average molecular weight is 253 g/mol. The van der Waals surface area contributed by atoms with Crippen molar-refractivity contribution in [2.75, 3.05) is 14.1 Å². The van der Waals surface area contributed by atoms with Gasteiger partial charge in [0.15, 0.2) is 5.82 Å². The Balaban J connectivity index is 2.10. The number of rotatable bonds is 4. The number of tetrazole rings is 1. The Kier molecular flexibility index (Phi) is 3.97. The van der Waals surface area contributed by atoms with Crippen molar-refractivity contribution < 1.29 is 5.11 Å². The minimum absolute atomic E-state index is 0.128. The summed E-state index contributed by atoms with van der Waals surface area (Å²) in [6, 6.07) is 0. The number of hydrogen-bond acceptors (Lipinski definition) is 5. The highest BCUT2D eigenvalue weighted by molar-refractivity contribution is 5.00. The molecule has 6 nitrogen and oxygen atoms in total. The van der Waals surface area contributed by atoms with Crippen LogP contribution in [0.25, 0.3) is 0 Å². The predicted molar refractivity (Wildman–Crippen MR) is 68.0 cm³/mol. The molecule has 1 fully saturated rings. The average Bonchev–Trinajstić information content (AvgIpc) is 2.75. The van der Waals surface area contributed by atoms with Crippen LogP contribution in [-0.2, 0) is 13.5 Å². The second kappa shape index (κ2) is 5.32. The van der Waals surface area contributed by atoms with Gasteiger partial charge in [-0.15, -0.1) is 10.2 Å². The summed E-state index contributed by atoms with van der Waals surface area (Å²) in [5.74, 6) is 0.622. The van der Waals surface area contributed by atoms with Crippen molar-refractivity contribution in [3.63, 3.8) is 0 Å². The Morgan fingerprint density at radius 1 is 1.33 bits per heavy atom. The molecule has 1 aliphatic rings. The smallest absolute Gasteiger partial charge is 0.177 e. The van der Waals surface area contributed by atoms with Crippen molar-refractivity contribution in [2.24, 2.45) is 7.05 Å². The van der Waals surface area contributed by atoms with Crippen molar-refractivity contribution in [1.29, 1.82) is 0 Å². The summed E-state index contributed by atoms with van der Waals surface area (Å²) >= 11 is 0. The first-order chi connectivity index (χ1) is 8.54. The normalized spacial score (nSPS) is 21.2. The van der Waals surface area contributed by atoms with Gasteiger partial charge in [0.1, 0.15) is 0 Å². The van der Waals surface area contributed by atoms with Gasteiger partial charge in [0.25, 0.3) is 0 Å². The van der Waals surface area contributed by atoms with Gasteiger partial charge in [-0.1, -0.05) is 19.3 Å². The van der Waals surface area contributed by atoms with Crippen molar-refractivity contribution >= 4 is 0 Å². The summed E-state index contributed by atoms with van der Waals surface area (Å²) < 4.78 is 0. The number of nitrogens with zero attached hydrogens (tertiary/aromatic N) is 5. The molecule has 1 heterocycles. The lowest BCUT2D eigenvalue weighted by Gasteiger charge is -2.46. The van der Waals surface area contributed by atoms with E-state index in [1.807, 2.05) is 0 Å². The molecular weight excluding hydrogens is 230 g/mol. The Bertz CT molecular complexity index is 384. The minimum Gasteiger partial charge on any atom is -0.391 e. The van der Waals surface area contributed by atoms with Crippen LogP contribution in [0.3, 0.4) is 0 Å². The van der Waals surface area contributed by atoms with Gasteiger partial charge >= 0.3 is 0 Å². The molecule has 102 valence electrons. The largest absolute Gasteiger partial charge is 0.391 e. The molecule has 1 aliphatic carbocycles. The number of aliphatic hydroxyl groups is 1. The molecule has 0 aliphatic heterocycles. The van der Waals surface area contributed by atoms with E-state index in [0.717, 1.165) is 12.8 Å². The second-order valence-electron chi connectivity index (χ2n) is 5.47. The number of aliphatic hydroxyl groups excluding tert-OH is 1. The fraction of sp³-hybridized carbons (Fsp3) is 0.917. The van der Waals surface area contributed by atoms with Gasteiger partial charge < -0.3 is 10.0 Å². The van der Waals surface area contributed by atoms with E-state index in [1.54, 1.807) is 7.05 Å². The highest BCUT2D eigenvalue weighted by Crippen LogP contribution is 2.35. The van der Waals surface area contributed by atoms with Crippen LogP contribution >= 0.6 is 0 Å². The second-order valence-corrected chi connectivity index (χ2v) is 5.47. The molecule has 1 unspecified atom stereocenters. The maximum Gasteiger partial charge on any atom is 0.177 e. The van der Waals surface area contributed by atoms with Crippen LogP contribution < -0.4 is 0 Å². The number of hydrogen-bond donors (Lipinski definition) is 1. The summed E-state index contributed by atoms with van der Waals surface area (Å²) in [5, 5.41) is 22.5. The molecule has 0 bridgehead atoms. The molecule has 1 N–H and O–H groups in total. The first-order valence-electron chi connectivity index (χ1n) is 6.63. The predicted octanol–water partition coefficient (Wildman–Crippen LogP) is 0.378. The molecule has 1 saturated carbocycles. The number of aromatic nitrogens is 4. The van der Waals surface area contributed by atoms with Gasteiger partial charge in [0.05, 0.1) is 13.2 Å².